The molecule has 118 valence electrons. The standard InChI is InChI=1S/C14H18F3NO2S/c1-2-5-18-12-9-20-13-8-10(3-4-11(12)13)19-6-7-21-14(15,16)17/h3-4,8,12,18H,2,5-7,9H2,1H3. The minimum atomic E-state index is -4.21. The highest BCUT2D eigenvalue weighted by molar-refractivity contribution is 8.00. The number of alkyl halides is 3. The van der Waals surface area contributed by atoms with Crippen LogP contribution in [0.2, 0.25) is 0 Å². The first-order chi connectivity index (χ1) is 9.99. The first kappa shape index (κ1) is 16.3. The lowest BCUT2D eigenvalue weighted by Gasteiger charge is -2.11. The van der Waals surface area contributed by atoms with Crippen molar-refractivity contribution in [2.24, 2.45) is 0 Å². The van der Waals surface area contributed by atoms with Crippen molar-refractivity contribution >= 4 is 11.8 Å². The maximum Gasteiger partial charge on any atom is 0.441 e. The molecule has 0 spiro atoms. The van der Waals surface area contributed by atoms with E-state index in [0.29, 0.717) is 12.4 Å². The molecule has 1 heterocycles. The third kappa shape index (κ3) is 5.00. The van der Waals surface area contributed by atoms with Gasteiger partial charge in [0.1, 0.15) is 18.1 Å². The van der Waals surface area contributed by atoms with E-state index in [9.17, 15) is 13.2 Å². The van der Waals surface area contributed by atoms with Gasteiger partial charge in [0.05, 0.1) is 12.6 Å². The van der Waals surface area contributed by atoms with Crippen molar-refractivity contribution < 1.29 is 22.6 Å². The van der Waals surface area contributed by atoms with Gasteiger partial charge >= 0.3 is 5.51 Å². The molecule has 0 saturated heterocycles. The molecule has 1 aliphatic heterocycles. The second-order valence-corrected chi connectivity index (χ2v) is 5.82. The number of ether oxygens (including phenoxy) is 2. The Balaban J connectivity index is 1.84. The van der Waals surface area contributed by atoms with Gasteiger partial charge in [-0.1, -0.05) is 6.92 Å². The third-order valence-electron chi connectivity index (χ3n) is 3.02. The topological polar surface area (TPSA) is 30.5 Å². The molecule has 0 amide bonds. The number of fused-ring (bicyclic) bond motifs is 1. The normalized spacial score (nSPS) is 17.4. The van der Waals surface area contributed by atoms with Crippen LogP contribution in [0, 0.1) is 0 Å². The monoisotopic (exact) mass is 321 g/mol. The molecule has 1 aromatic rings. The van der Waals surface area contributed by atoms with E-state index in [1.165, 1.54) is 0 Å². The highest BCUT2D eigenvalue weighted by Gasteiger charge is 2.27. The molecular formula is C14H18F3NO2S. The first-order valence-corrected chi connectivity index (χ1v) is 7.82. The highest BCUT2D eigenvalue weighted by Crippen LogP contribution is 2.35. The predicted molar refractivity (Wildman–Crippen MR) is 77.0 cm³/mol. The molecule has 3 nitrogen and oxygen atoms in total. The van der Waals surface area contributed by atoms with E-state index in [2.05, 4.69) is 12.2 Å². The van der Waals surface area contributed by atoms with E-state index in [0.717, 1.165) is 24.3 Å². The molecule has 1 aliphatic rings. The van der Waals surface area contributed by atoms with Crippen LogP contribution < -0.4 is 14.8 Å². The van der Waals surface area contributed by atoms with Crippen molar-refractivity contribution in [3.8, 4) is 11.5 Å². The van der Waals surface area contributed by atoms with Gasteiger partial charge in [0.15, 0.2) is 0 Å². The maximum absolute atomic E-state index is 12.0. The van der Waals surface area contributed by atoms with Crippen LogP contribution in [0.15, 0.2) is 18.2 Å². The fourth-order valence-electron chi connectivity index (χ4n) is 2.08. The number of nitrogens with one attached hydrogen (secondary N) is 1. The Morgan fingerprint density at radius 1 is 1.43 bits per heavy atom. The Morgan fingerprint density at radius 2 is 2.24 bits per heavy atom. The molecule has 0 radical (unpaired) electrons. The number of hydrogen-bond acceptors (Lipinski definition) is 4. The van der Waals surface area contributed by atoms with Crippen LogP contribution in [-0.4, -0.2) is 31.0 Å². The van der Waals surface area contributed by atoms with Crippen LogP contribution in [0.4, 0.5) is 13.2 Å². The van der Waals surface area contributed by atoms with Crippen LogP contribution in [0.5, 0.6) is 11.5 Å². The first-order valence-electron chi connectivity index (χ1n) is 6.83. The van der Waals surface area contributed by atoms with Gasteiger partial charge in [-0.15, -0.1) is 0 Å². The lowest BCUT2D eigenvalue weighted by molar-refractivity contribution is -0.0329. The highest BCUT2D eigenvalue weighted by atomic mass is 32.2. The van der Waals surface area contributed by atoms with Gasteiger partial charge in [-0.3, -0.25) is 0 Å². The van der Waals surface area contributed by atoms with Crippen molar-refractivity contribution in [1.82, 2.24) is 5.32 Å². The molecule has 0 aromatic heterocycles. The van der Waals surface area contributed by atoms with E-state index < -0.39 is 5.51 Å². The summed E-state index contributed by atoms with van der Waals surface area (Å²) >= 11 is -0.0785. The molecule has 7 heteroatoms. The lowest BCUT2D eigenvalue weighted by Crippen LogP contribution is -2.22. The molecule has 0 aliphatic carbocycles. The quantitative estimate of drug-likeness (QED) is 0.775. The second-order valence-electron chi connectivity index (χ2n) is 4.66. The van der Waals surface area contributed by atoms with Crippen molar-refractivity contribution in [3.63, 3.8) is 0 Å². The van der Waals surface area contributed by atoms with Gasteiger partial charge in [-0.05, 0) is 36.9 Å². The molecule has 0 saturated carbocycles. The van der Waals surface area contributed by atoms with Crippen molar-refractivity contribution in [3.05, 3.63) is 23.8 Å². The summed E-state index contributed by atoms with van der Waals surface area (Å²) in [5, 5.41) is 3.38. The molecule has 1 unspecified atom stereocenters. The van der Waals surface area contributed by atoms with Crippen LogP contribution in [0.3, 0.4) is 0 Å². The van der Waals surface area contributed by atoms with Crippen LogP contribution in [0.1, 0.15) is 24.9 Å². The van der Waals surface area contributed by atoms with E-state index in [1.807, 2.05) is 6.07 Å². The van der Waals surface area contributed by atoms with Gasteiger partial charge in [0.25, 0.3) is 0 Å². The molecule has 0 fully saturated rings. The van der Waals surface area contributed by atoms with Gasteiger partial charge in [-0.2, -0.15) is 13.2 Å². The van der Waals surface area contributed by atoms with Crippen LogP contribution in [-0.2, 0) is 0 Å². The Hall–Kier alpha value is -1.08. The average Bonchev–Trinajstić information content (AvgIpc) is 2.83. The number of thioether (sulfide) groups is 1. The molecule has 1 atom stereocenters. The minimum absolute atomic E-state index is 0.0144. The van der Waals surface area contributed by atoms with Crippen LogP contribution >= 0.6 is 11.8 Å². The summed E-state index contributed by atoms with van der Waals surface area (Å²) in [5.74, 6) is 1.15. The summed E-state index contributed by atoms with van der Waals surface area (Å²) in [5.41, 5.74) is -3.14. The summed E-state index contributed by atoms with van der Waals surface area (Å²) in [6.45, 7) is 3.60. The lowest BCUT2D eigenvalue weighted by atomic mass is 10.1. The summed E-state index contributed by atoms with van der Waals surface area (Å²) in [7, 11) is 0. The van der Waals surface area contributed by atoms with Gasteiger partial charge < -0.3 is 14.8 Å². The molecule has 1 N–H and O–H groups in total. The molecular weight excluding hydrogens is 303 g/mol. The number of halogens is 3. The summed E-state index contributed by atoms with van der Waals surface area (Å²) in [6, 6.07) is 5.59. The Morgan fingerprint density at radius 3 is 2.95 bits per heavy atom. The molecule has 0 bridgehead atoms. The molecule has 21 heavy (non-hydrogen) atoms. The van der Waals surface area contributed by atoms with Gasteiger partial charge in [0.2, 0.25) is 0 Å². The van der Waals surface area contributed by atoms with E-state index >= 15 is 0 Å². The van der Waals surface area contributed by atoms with Crippen LogP contribution in [0.25, 0.3) is 0 Å². The Kier molecular flexibility index (Phi) is 5.64. The van der Waals surface area contributed by atoms with Crippen molar-refractivity contribution in [2.45, 2.75) is 24.9 Å². The zero-order chi connectivity index (χ0) is 15.3. The summed E-state index contributed by atoms with van der Waals surface area (Å²) < 4.78 is 46.9. The largest absolute Gasteiger partial charge is 0.493 e. The number of rotatable bonds is 7. The van der Waals surface area contributed by atoms with Gasteiger partial charge in [-0.25, -0.2) is 0 Å². The van der Waals surface area contributed by atoms with Crippen molar-refractivity contribution in [2.75, 3.05) is 25.5 Å². The fraction of sp³-hybridized carbons (Fsp3) is 0.571. The maximum atomic E-state index is 12.0. The zero-order valence-electron chi connectivity index (χ0n) is 11.7. The molecule has 2 rings (SSSR count). The van der Waals surface area contributed by atoms with E-state index in [-0.39, 0.29) is 30.2 Å². The van der Waals surface area contributed by atoms with Crippen molar-refractivity contribution in [1.29, 1.82) is 0 Å². The Bertz CT molecular complexity index is 468. The predicted octanol–water partition coefficient (Wildman–Crippen LogP) is 3.75. The Labute approximate surface area is 126 Å². The number of benzene rings is 1. The zero-order valence-corrected chi connectivity index (χ0v) is 12.5. The van der Waals surface area contributed by atoms with E-state index in [4.69, 9.17) is 9.47 Å². The summed E-state index contributed by atoms with van der Waals surface area (Å²) in [4.78, 5) is 0. The fourth-order valence-corrected chi connectivity index (χ4v) is 2.48. The second kappa shape index (κ2) is 7.26. The average molecular weight is 321 g/mol. The smallest absolute Gasteiger partial charge is 0.441 e. The summed E-state index contributed by atoms with van der Waals surface area (Å²) in [6.07, 6.45) is 1.05. The van der Waals surface area contributed by atoms with Gasteiger partial charge in [0, 0.05) is 17.4 Å². The van der Waals surface area contributed by atoms with E-state index in [1.54, 1.807) is 12.1 Å². The minimum Gasteiger partial charge on any atom is -0.493 e. The number of hydrogen-bond donors (Lipinski definition) is 1. The SMILES string of the molecule is CCCNC1COc2cc(OCCSC(F)(F)F)ccc21. The third-order valence-corrected chi connectivity index (χ3v) is 3.72. The molecule has 1 aromatic carbocycles.